The van der Waals surface area contributed by atoms with Crippen molar-refractivity contribution in [3.05, 3.63) is 53.6 Å². The van der Waals surface area contributed by atoms with Gasteiger partial charge in [-0.2, -0.15) is 0 Å². The van der Waals surface area contributed by atoms with Crippen LogP contribution in [0.1, 0.15) is 44.6 Å². The van der Waals surface area contributed by atoms with E-state index in [9.17, 15) is 9.59 Å². The van der Waals surface area contributed by atoms with E-state index in [2.05, 4.69) is 48.5 Å². The highest BCUT2D eigenvalue weighted by Gasteiger charge is 2.30. The van der Waals surface area contributed by atoms with Crippen LogP contribution in [0.25, 0.3) is 0 Å². The first kappa shape index (κ1) is 19.8. The molecule has 1 aromatic rings. The van der Waals surface area contributed by atoms with Crippen LogP contribution in [0.4, 0.5) is 0 Å². The summed E-state index contributed by atoms with van der Waals surface area (Å²) in [7, 11) is 0. The average Bonchev–Trinajstić information content (AvgIpc) is 3.11. The van der Waals surface area contributed by atoms with Crippen LogP contribution in [0.5, 0.6) is 5.75 Å². The van der Waals surface area contributed by atoms with Crippen LogP contribution in [0.15, 0.2) is 48.1 Å². The summed E-state index contributed by atoms with van der Waals surface area (Å²) < 4.78 is 5.73. The van der Waals surface area contributed by atoms with Gasteiger partial charge in [-0.3, -0.25) is 9.59 Å². The molecule has 0 spiro atoms. The molecule has 1 aromatic carbocycles. The van der Waals surface area contributed by atoms with Gasteiger partial charge in [0.05, 0.1) is 6.61 Å². The minimum Gasteiger partial charge on any atom is -0.493 e. The van der Waals surface area contributed by atoms with Gasteiger partial charge in [-0.25, -0.2) is 0 Å². The normalized spacial score (nSPS) is 22.1. The third-order valence-electron chi connectivity index (χ3n) is 4.98. The highest BCUT2D eigenvalue weighted by atomic mass is 16.5. The van der Waals surface area contributed by atoms with Crippen molar-refractivity contribution in [3.8, 4) is 5.75 Å². The van der Waals surface area contributed by atoms with E-state index in [1.54, 1.807) is 0 Å². The van der Waals surface area contributed by atoms with Gasteiger partial charge in [-0.05, 0) is 48.8 Å². The van der Waals surface area contributed by atoms with E-state index < -0.39 is 5.91 Å². The van der Waals surface area contributed by atoms with Crippen molar-refractivity contribution in [1.29, 1.82) is 0 Å². The summed E-state index contributed by atoms with van der Waals surface area (Å²) >= 11 is 0. The number of benzene rings is 1. The van der Waals surface area contributed by atoms with E-state index in [4.69, 9.17) is 10.5 Å². The number of hydrogen-bond acceptors (Lipinski definition) is 5. The van der Waals surface area contributed by atoms with Crippen LogP contribution in [0, 0.1) is 5.92 Å². The molecule has 3 rings (SSSR count). The molecule has 7 heteroatoms. The van der Waals surface area contributed by atoms with Gasteiger partial charge in [-0.15, -0.1) is 0 Å². The Morgan fingerprint density at radius 1 is 1.29 bits per heavy atom. The molecule has 2 aliphatic rings. The first-order chi connectivity index (χ1) is 13.3. The van der Waals surface area contributed by atoms with Crippen molar-refractivity contribution in [2.75, 3.05) is 6.61 Å². The Morgan fingerprint density at radius 3 is 2.68 bits per heavy atom. The number of rotatable bonds is 6. The SMILES string of the molecule is C=C1NC(=O)C(N)=C(C(=O)NC2CCC(c3ccc(OCC(C)C)cc3)C2)N1. The maximum Gasteiger partial charge on any atom is 0.274 e. The molecule has 2 amide bonds. The highest BCUT2D eigenvalue weighted by Crippen LogP contribution is 2.35. The second-order valence-corrected chi connectivity index (χ2v) is 7.80. The summed E-state index contributed by atoms with van der Waals surface area (Å²) in [6.45, 7) is 8.57. The lowest BCUT2D eigenvalue weighted by Gasteiger charge is -2.22. The van der Waals surface area contributed by atoms with Gasteiger partial charge >= 0.3 is 0 Å². The van der Waals surface area contributed by atoms with Gasteiger partial charge in [-0.1, -0.05) is 32.6 Å². The second-order valence-electron chi connectivity index (χ2n) is 7.80. The number of nitrogens with one attached hydrogen (secondary N) is 3. The molecule has 1 aliphatic heterocycles. The molecular formula is C21H28N4O3. The maximum atomic E-state index is 12.5. The van der Waals surface area contributed by atoms with Crippen LogP contribution >= 0.6 is 0 Å². The molecule has 0 aromatic heterocycles. The number of carbonyl (C=O) groups is 2. The van der Waals surface area contributed by atoms with Crippen molar-refractivity contribution in [3.63, 3.8) is 0 Å². The summed E-state index contributed by atoms with van der Waals surface area (Å²) in [5, 5.41) is 8.16. The number of hydrogen-bond donors (Lipinski definition) is 4. The summed E-state index contributed by atoms with van der Waals surface area (Å²) in [4.78, 5) is 24.2. The van der Waals surface area contributed by atoms with Crippen molar-refractivity contribution in [2.45, 2.75) is 45.1 Å². The summed E-state index contributed by atoms with van der Waals surface area (Å²) in [5.41, 5.74) is 6.90. The molecule has 150 valence electrons. The zero-order valence-electron chi connectivity index (χ0n) is 16.4. The van der Waals surface area contributed by atoms with E-state index in [0.717, 1.165) is 25.0 Å². The fourth-order valence-corrected chi connectivity index (χ4v) is 3.52. The zero-order chi connectivity index (χ0) is 20.3. The molecule has 1 saturated carbocycles. The molecule has 5 N–H and O–H groups in total. The standard InChI is InChI=1S/C21H28N4O3/c1-12(2)11-28-17-8-5-14(6-9-17)15-4-7-16(10-15)25-21(27)19-18(22)20(26)24-13(3)23-19/h5-6,8-9,12,15-16,23H,3-4,7,10-11,22H2,1-2H3,(H,24,26)(H,25,27). The Kier molecular flexibility index (Phi) is 5.92. The Balaban J connectivity index is 1.57. The lowest BCUT2D eigenvalue weighted by Crippen LogP contribution is -2.47. The first-order valence-corrected chi connectivity index (χ1v) is 9.64. The average molecular weight is 384 g/mol. The topological polar surface area (TPSA) is 105 Å². The fraction of sp³-hybridized carbons (Fsp3) is 0.429. The molecule has 7 nitrogen and oxygen atoms in total. The van der Waals surface area contributed by atoms with Crippen LogP contribution in [-0.2, 0) is 9.59 Å². The summed E-state index contributed by atoms with van der Waals surface area (Å²) in [6, 6.07) is 8.25. The predicted octanol–water partition coefficient (Wildman–Crippen LogP) is 1.83. The zero-order valence-corrected chi connectivity index (χ0v) is 16.4. The van der Waals surface area contributed by atoms with E-state index in [1.165, 1.54) is 5.56 Å². The lowest BCUT2D eigenvalue weighted by atomic mass is 9.97. The Labute approximate surface area is 165 Å². The predicted molar refractivity (Wildman–Crippen MR) is 107 cm³/mol. The van der Waals surface area contributed by atoms with Gasteiger partial charge in [0.25, 0.3) is 11.8 Å². The summed E-state index contributed by atoms with van der Waals surface area (Å²) in [6.07, 6.45) is 2.72. The molecule has 1 heterocycles. The van der Waals surface area contributed by atoms with Crippen molar-refractivity contribution in [2.24, 2.45) is 11.7 Å². The molecule has 1 fully saturated rings. The lowest BCUT2D eigenvalue weighted by molar-refractivity contribution is -0.121. The number of carbonyl (C=O) groups excluding carboxylic acids is 2. The van der Waals surface area contributed by atoms with Gasteiger partial charge in [0, 0.05) is 6.04 Å². The smallest absolute Gasteiger partial charge is 0.274 e. The van der Waals surface area contributed by atoms with E-state index in [1.807, 2.05) is 12.1 Å². The van der Waals surface area contributed by atoms with Crippen LogP contribution in [-0.4, -0.2) is 24.5 Å². The molecule has 0 bridgehead atoms. The van der Waals surface area contributed by atoms with Crippen LogP contribution in [0.2, 0.25) is 0 Å². The van der Waals surface area contributed by atoms with Crippen molar-refractivity contribution < 1.29 is 14.3 Å². The highest BCUT2D eigenvalue weighted by molar-refractivity contribution is 6.05. The fourth-order valence-electron chi connectivity index (χ4n) is 3.52. The quantitative estimate of drug-likeness (QED) is 0.599. The Bertz CT molecular complexity index is 798. The van der Waals surface area contributed by atoms with Gasteiger partial charge in [0.2, 0.25) is 0 Å². The third-order valence-corrected chi connectivity index (χ3v) is 4.98. The molecule has 0 saturated heterocycles. The molecule has 1 aliphatic carbocycles. The third kappa shape index (κ3) is 4.65. The number of amides is 2. The monoisotopic (exact) mass is 384 g/mol. The minimum absolute atomic E-state index is 0.0368. The van der Waals surface area contributed by atoms with E-state index in [0.29, 0.717) is 18.4 Å². The van der Waals surface area contributed by atoms with Crippen LogP contribution < -0.4 is 26.4 Å². The second kappa shape index (κ2) is 8.37. The molecule has 2 unspecified atom stereocenters. The Hall–Kier alpha value is -2.96. The summed E-state index contributed by atoms with van der Waals surface area (Å²) in [5.74, 6) is 1.10. The maximum absolute atomic E-state index is 12.5. The molecule has 28 heavy (non-hydrogen) atoms. The van der Waals surface area contributed by atoms with Gasteiger partial charge in [0.1, 0.15) is 23.0 Å². The van der Waals surface area contributed by atoms with E-state index >= 15 is 0 Å². The van der Waals surface area contributed by atoms with Crippen LogP contribution in [0.3, 0.4) is 0 Å². The number of nitrogens with two attached hydrogens (primary N) is 1. The largest absolute Gasteiger partial charge is 0.493 e. The Morgan fingerprint density at radius 2 is 2.00 bits per heavy atom. The molecule has 2 atom stereocenters. The molecular weight excluding hydrogens is 356 g/mol. The van der Waals surface area contributed by atoms with Gasteiger partial charge in [0.15, 0.2) is 0 Å². The van der Waals surface area contributed by atoms with E-state index in [-0.39, 0.29) is 29.2 Å². The minimum atomic E-state index is -0.516. The first-order valence-electron chi connectivity index (χ1n) is 9.64. The molecule has 0 radical (unpaired) electrons. The van der Waals surface area contributed by atoms with Crippen molar-refractivity contribution in [1.82, 2.24) is 16.0 Å². The van der Waals surface area contributed by atoms with Gasteiger partial charge < -0.3 is 26.4 Å². The number of ether oxygens (including phenoxy) is 1. The van der Waals surface area contributed by atoms with Crippen molar-refractivity contribution >= 4 is 11.8 Å².